The van der Waals surface area contributed by atoms with Crippen LogP contribution in [0.1, 0.15) is 49.0 Å². The minimum Gasteiger partial charge on any atom is -0.392 e. The smallest absolute Gasteiger partial charge is 0.326 e. The molecule has 2 rings (SSSR count). The average Bonchev–Trinajstić information content (AvgIpc) is 2.76. The van der Waals surface area contributed by atoms with Crippen LogP contribution in [0.4, 0.5) is 5.69 Å². The van der Waals surface area contributed by atoms with Gasteiger partial charge < -0.3 is 21.4 Å². The maximum absolute atomic E-state index is 11.9. The first-order chi connectivity index (χ1) is 10.6. The summed E-state index contributed by atoms with van der Waals surface area (Å²) in [6, 6.07) is 0.504. The Morgan fingerprint density at radius 2 is 1.74 bits per heavy atom. The number of aromatic amines is 2. The van der Waals surface area contributed by atoms with Crippen molar-refractivity contribution in [2.75, 3.05) is 18.8 Å². The van der Waals surface area contributed by atoms with Crippen molar-refractivity contribution in [3.8, 4) is 0 Å². The molecule has 23 heavy (non-hydrogen) atoms. The molecule has 0 unspecified atom stereocenters. The van der Waals surface area contributed by atoms with Crippen molar-refractivity contribution in [1.29, 1.82) is 0 Å². The fraction of sp³-hybridized carbons (Fsp3) is 0.643. The molecule has 1 aromatic rings. The van der Waals surface area contributed by atoms with Crippen molar-refractivity contribution in [3.05, 3.63) is 26.5 Å². The van der Waals surface area contributed by atoms with Crippen LogP contribution in [0, 0.1) is 0 Å². The number of hydrogen-bond donors (Lipinski definition) is 5. The van der Waals surface area contributed by atoms with Gasteiger partial charge in [-0.05, 0) is 12.8 Å². The predicted molar refractivity (Wildman–Crippen MR) is 91.2 cm³/mol. The summed E-state index contributed by atoms with van der Waals surface area (Å²) in [6.07, 6.45) is 7.42. The van der Waals surface area contributed by atoms with E-state index in [9.17, 15) is 14.4 Å². The van der Waals surface area contributed by atoms with E-state index in [0.29, 0.717) is 19.1 Å². The van der Waals surface area contributed by atoms with Gasteiger partial charge in [0.05, 0.1) is 0 Å². The van der Waals surface area contributed by atoms with E-state index in [1.807, 2.05) is 4.98 Å². The molecule has 6 N–H and O–H groups in total. The van der Waals surface area contributed by atoms with Gasteiger partial charge in [0.15, 0.2) is 0 Å². The number of nitrogens with two attached hydrogens (primary N) is 1. The number of carbonyl (C=O) groups excluding carboxylic acids is 1. The van der Waals surface area contributed by atoms with Crippen LogP contribution in [0.3, 0.4) is 0 Å². The van der Waals surface area contributed by atoms with E-state index in [-0.39, 0.29) is 23.8 Å². The van der Waals surface area contributed by atoms with Crippen molar-refractivity contribution in [3.63, 3.8) is 0 Å². The topological polar surface area (TPSA) is 133 Å². The minimum atomic E-state index is -0.759. The van der Waals surface area contributed by atoms with E-state index in [4.69, 9.17) is 5.73 Å². The Morgan fingerprint density at radius 1 is 1.09 bits per heavy atom. The number of nitrogen functional groups attached to an aromatic ring is 1. The first kappa shape index (κ1) is 19.2. The van der Waals surface area contributed by atoms with Crippen molar-refractivity contribution in [2.45, 2.75) is 44.6 Å². The fourth-order valence-corrected chi connectivity index (χ4v) is 2.70. The number of halogens is 1. The van der Waals surface area contributed by atoms with Gasteiger partial charge in [0.1, 0.15) is 11.4 Å². The summed E-state index contributed by atoms with van der Waals surface area (Å²) < 4.78 is 0. The Hall–Kier alpha value is -1.80. The normalized spacial score (nSPS) is 15.5. The van der Waals surface area contributed by atoms with Gasteiger partial charge in [0, 0.05) is 19.1 Å². The lowest BCUT2D eigenvalue weighted by atomic mass is 10.1. The zero-order valence-electron chi connectivity index (χ0n) is 12.9. The Kier molecular flexibility index (Phi) is 7.84. The molecule has 0 atom stereocenters. The SMILES string of the molecule is Cl.Nc1c(C(=O)NCCNC2CCCCCC2)[nH]c(=O)[nH]c1=O. The lowest BCUT2D eigenvalue weighted by Crippen LogP contribution is -2.39. The van der Waals surface area contributed by atoms with Crippen LogP contribution in [0.25, 0.3) is 0 Å². The van der Waals surface area contributed by atoms with Crippen molar-refractivity contribution in [1.82, 2.24) is 20.6 Å². The summed E-state index contributed by atoms with van der Waals surface area (Å²) in [6.45, 7) is 1.05. The molecule has 1 aliphatic carbocycles. The summed E-state index contributed by atoms with van der Waals surface area (Å²) in [7, 11) is 0. The number of hydrogen-bond acceptors (Lipinski definition) is 5. The van der Waals surface area contributed by atoms with Gasteiger partial charge in [-0.25, -0.2) is 4.79 Å². The van der Waals surface area contributed by atoms with Gasteiger partial charge in [-0.2, -0.15) is 0 Å². The lowest BCUT2D eigenvalue weighted by molar-refractivity contribution is 0.0949. The minimum absolute atomic E-state index is 0. The monoisotopic (exact) mass is 345 g/mol. The van der Waals surface area contributed by atoms with E-state index in [1.54, 1.807) is 0 Å². The highest BCUT2D eigenvalue weighted by atomic mass is 35.5. The average molecular weight is 346 g/mol. The van der Waals surface area contributed by atoms with Crippen LogP contribution < -0.4 is 27.6 Å². The largest absolute Gasteiger partial charge is 0.392 e. The second kappa shape index (κ2) is 9.36. The molecule has 9 heteroatoms. The number of nitrogens with one attached hydrogen (secondary N) is 4. The summed E-state index contributed by atoms with van der Waals surface area (Å²) in [4.78, 5) is 38.7. The maximum Gasteiger partial charge on any atom is 0.326 e. The van der Waals surface area contributed by atoms with Crippen molar-refractivity contribution >= 4 is 24.0 Å². The molecule has 1 saturated carbocycles. The number of amides is 1. The van der Waals surface area contributed by atoms with Crippen LogP contribution in [0.5, 0.6) is 0 Å². The van der Waals surface area contributed by atoms with Gasteiger partial charge in [0.25, 0.3) is 11.5 Å². The number of anilines is 1. The molecule has 130 valence electrons. The Morgan fingerprint density at radius 3 is 2.39 bits per heavy atom. The van der Waals surface area contributed by atoms with Gasteiger partial charge in [0.2, 0.25) is 0 Å². The molecule has 0 radical (unpaired) electrons. The quantitative estimate of drug-likeness (QED) is 0.381. The lowest BCUT2D eigenvalue weighted by Gasteiger charge is -2.16. The third-order valence-corrected chi connectivity index (χ3v) is 3.91. The van der Waals surface area contributed by atoms with Crippen LogP contribution >= 0.6 is 12.4 Å². The predicted octanol–water partition coefficient (Wildman–Crippen LogP) is 0.109. The summed E-state index contributed by atoms with van der Waals surface area (Å²) in [5, 5.41) is 6.07. The van der Waals surface area contributed by atoms with E-state index in [2.05, 4.69) is 15.6 Å². The van der Waals surface area contributed by atoms with Crippen molar-refractivity contribution in [2.24, 2.45) is 0 Å². The standard InChI is InChI=1S/C14H23N5O3.ClH/c15-10-11(18-14(22)19-12(10)20)13(21)17-8-7-16-9-5-3-1-2-4-6-9;/h9,16H,1-8,15H2,(H,17,21)(H2,18,19,20,22);1H. The van der Waals surface area contributed by atoms with Gasteiger partial charge in [-0.3, -0.25) is 14.6 Å². The highest BCUT2D eigenvalue weighted by molar-refractivity contribution is 5.96. The molecule has 1 aliphatic rings. The number of aromatic nitrogens is 2. The van der Waals surface area contributed by atoms with Crippen molar-refractivity contribution < 1.29 is 4.79 Å². The van der Waals surface area contributed by atoms with E-state index in [0.717, 1.165) is 0 Å². The molecule has 0 aromatic carbocycles. The first-order valence-corrected chi connectivity index (χ1v) is 7.71. The number of rotatable bonds is 5. The molecule has 1 aromatic heterocycles. The summed E-state index contributed by atoms with van der Waals surface area (Å²) in [5.41, 5.74) is 3.52. The molecule has 1 fully saturated rings. The molecule has 1 amide bonds. The molecule has 0 aliphatic heterocycles. The zero-order valence-corrected chi connectivity index (χ0v) is 13.8. The van der Waals surface area contributed by atoms with Gasteiger partial charge in [-0.1, -0.05) is 25.7 Å². The number of H-pyrrole nitrogens is 2. The molecule has 1 heterocycles. The van der Waals surface area contributed by atoms with E-state index < -0.39 is 17.2 Å². The Labute approximate surface area is 140 Å². The van der Waals surface area contributed by atoms with Crippen LogP contribution in [-0.2, 0) is 0 Å². The van der Waals surface area contributed by atoms with Crippen LogP contribution in [0.15, 0.2) is 9.59 Å². The van der Waals surface area contributed by atoms with Crippen LogP contribution in [0.2, 0.25) is 0 Å². The molecule has 8 nitrogen and oxygen atoms in total. The zero-order chi connectivity index (χ0) is 15.9. The van der Waals surface area contributed by atoms with E-state index >= 15 is 0 Å². The third kappa shape index (κ3) is 5.72. The highest BCUT2D eigenvalue weighted by Gasteiger charge is 2.14. The number of carbonyl (C=O) groups is 1. The molecule has 0 spiro atoms. The third-order valence-electron chi connectivity index (χ3n) is 3.91. The molecule has 0 bridgehead atoms. The first-order valence-electron chi connectivity index (χ1n) is 7.71. The second-order valence-corrected chi connectivity index (χ2v) is 5.60. The maximum atomic E-state index is 11.9. The second-order valence-electron chi connectivity index (χ2n) is 5.60. The van der Waals surface area contributed by atoms with Crippen LogP contribution in [-0.4, -0.2) is 35.0 Å². The van der Waals surface area contributed by atoms with E-state index in [1.165, 1.54) is 38.5 Å². The Bertz CT molecular complexity index is 620. The highest BCUT2D eigenvalue weighted by Crippen LogP contribution is 2.16. The molecular formula is C14H24ClN5O3. The Balaban J connectivity index is 0.00000264. The summed E-state index contributed by atoms with van der Waals surface area (Å²) >= 11 is 0. The van der Waals surface area contributed by atoms with Gasteiger partial charge in [-0.15, -0.1) is 12.4 Å². The molecule has 0 saturated heterocycles. The molecular weight excluding hydrogens is 322 g/mol. The van der Waals surface area contributed by atoms with Gasteiger partial charge >= 0.3 is 5.69 Å². The summed E-state index contributed by atoms with van der Waals surface area (Å²) in [5.74, 6) is -0.552. The fourth-order valence-electron chi connectivity index (χ4n) is 2.70.